The Morgan fingerprint density at radius 2 is 1.92 bits per heavy atom. The monoisotopic (exact) mass is 383 g/mol. The van der Waals surface area contributed by atoms with E-state index in [0.717, 1.165) is 42.4 Å². The average molecular weight is 383 g/mol. The van der Waals surface area contributed by atoms with Crippen molar-refractivity contribution in [2.75, 3.05) is 18.0 Å². The van der Waals surface area contributed by atoms with Gasteiger partial charge in [-0.1, -0.05) is 12.8 Å². The molecule has 0 amide bonds. The van der Waals surface area contributed by atoms with Crippen molar-refractivity contribution in [3.8, 4) is 0 Å². The molecular weight excluding hydrogens is 363 g/mol. The average Bonchev–Trinajstić information content (AvgIpc) is 3.17. The number of nitrogens with zero attached hydrogens (tertiary/aromatic N) is 2. The SMILES string of the molecule is O=S(=O)(NC1CCCC1)C1CCCN(c2nc(C(F)(F)F)cs2)C1. The molecule has 0 spiro atoms. The fraction of sp³-hybridized carbons (Fsp3) is 0.786. The molecule has 1 unspecified atom stereocenters. The van der Waals surface area contributed by atoms with E-state index in [1.165, 1.54) is 0 Å². The summed E-state index contributed by atoms with van der Waals surface area (Å²) in [4.78, 5) is 5.28. The maximum atomic E-state index is 12.7. The predicted molar refractivity (Wildman–Crippen MR) is 86.7 cm³/mol. The highest BCUT2D eigenvalue weighted by Gasteiger charge is 2.37. The number of hydrogen-bond donors (Lipinski definition) is 1. The summed E-state index contributed by atoms with van der Waals surface area (Å²) < 4.78 is 65.9. The van der Waals surface area contributed by atoms with Crippen LogP contribution in [0.1, 0.15) is 44.2 Å². The number of alkyl halides is 3. The van der Waals surface area contributed by atoms with Gasteiger partial charge < -0.3 is 4.90 Å². The van der Waals surface area contributed by atoms with Crippen molar-refractivity contribution in [2.45, 2.75) is 56.0 Å². The first-order chi connectivity index (χ1) is 11.3. The zero-order valence-electron chi connectivity index (χ0n) is 13.1. The zero-order valence-corrected chi connectivity index (χ0v) is 14.7. The molecule has 5 nitrogen and oxygen atoms in total. The highest BCUT2D eigenvalue weighted by atomic mass is 32.2. The Morgan fingerprint density at radius 3 is 2.54 bits per heavy atom. The van der Waals surface area contributed by atoms with Gasteiger partial charge in [-0.25, -0.2) is 18.1 Å². The normalized spacial score (nSPS) is 23.8. The van der Waals surface area contributed by atoms with Crippen molar-refractivity contribution in [1.82, 2.24) is 9.71 Å². The summed E-state index contributed by atoms with van der Waals surface area (Å²) in [6.07, 6.45) is 0.452. The van der Waals surface area contributed by atoms with Gasteiger partial charge in [0.25, 0.3) is 0 Å². The Hall–Kier alpha value is -0.870. The lowest BCUT2D eigenvalue weighted by Gasteiger charge is -2.32. The largest absolute Gasteiger partial charge is 0.434 e. The van der Waals surface area contributed by atoms with Gasteiger partial charge in [0.1, 0.15) is 0 Å². The summed E-state index contributed by atoms with van der Waals surface area (Å²) >= 11 is 0.908. The van der Waals surface area contributed by atoms with Crippen molar-refractivity contribution in [3.05, 3.63) is 11.1 Å². The van der Waals surface area contributed by atoms with Gasteiger partial charge in [0.15, 0.2) is 10.8 Å². The third kappa shape index (κ3) is 4.02. The quantitative estimate of drug-likeness (QED) is 0.868. The third-order valence-electron chi connectivity index (χ3n) is 4.56. The molecule has 0 aromatic carbocycles. The minimum absolute atomic E-state index is 0.00192. The Kier molecular flexibility index (Phi) is 5.08. The molecule has 1 atom stereocenters. The molecule has 10 heteroatoms. The number of rotatable bonds is 4. The molecule has 1 N–H and O–H groups in total. The van der Waals surface area contributed by atoms with E-state index in [1.54, 1.807) is 4.90 Å². The molecule has 1 saturated heterocycles. The van der Waals surface area contributed by atoms with Crippen LogP contribution in [0.15, 0.2) is 5.38 Å². The van der Waals surface area contributed by atoms with Crippen molar-refractivity contribution in [1.29, 1.82) is 0 Å². The molecular formula is C14H20F3N3O2S2. The van der Waals surface area contributed by atoms with Gasteiger partial charge in [-0.2, -0.15) is 13.2 Å². The third-order valence-corrected chi connectivity index (χ3v) is 7.38. The van der Waals surface area contributed by atoms with Crippen molar-refractivity contribution in [2.24, 2.45) is 0 Å². The fourth-order valence-corrected chi connectivity index (χ4v) is 5.89. The number of piperidine rings is 1. The Bertz CT molecular complexity index is 669. The van der Waals surface area contributed by atoms with Crippen LogP contribution < -0.4 is 9.62 Å². The minimum atomic E-state index is -4.47. The maximum Gasteiger partial charge on any atom is 0.434 e. The molecule has 1 saturated carbocycles. The van der Waals surface area contributed by atoms with E-state index in [0.29, 0.717) is 19.4 Å². The lowest BCUT2D eigenvalue weighted by atomic mass is 10.1. The van der Waals surface area contributed by atoms with Gasteiger partial charge in [0.05, 0.1) is 5.25 Å². The van der Waals surface area contributed by atoms with Gasteiger partial charge >= 0.3 is 6.18 Å². The standard InChI is InChI=1S/C14H20F3N3O2S2/c15-14(16,17)12-9-23-13(18-12)20-7-3-6-11(8-20)24(21,22)19-10-4-1-2-5-10/h9-11,19H,1-8H2. The molecule has 2 heterocycles. The van der Waals surface area contributed by atoms with Crippen LogP contribution in [0, 0.1) is 0 Å². The molecule has 1 aromatic heterocycles. The molecule has 2 aliphatic rings. The van der Waals surface area contributed by atoms with Crippen molar-refractivity contribution in [3.63, 3.8) is 0 Å². The van der Waals surface area contributed by atoms with Crippen LogP contribution in [-0.4, -0.2) is 37.8 Å². The Labute approximate surface area is 143 Å². The van der Waals surface area contributed by atoms with Gasteiger partial charge in [0.2, 0.25) is 10.0 Å². The van der Waals surface area contributed by atoms with Crippen LogP contribution in [0.2, 0.25) is 0 Å². The van der Waals surface area contributed by atoms with Crippen molar-refractivity contribution < 1.29 is 21.6 Å². The van der Waals surface area contributed by atoms with Crippen LogP contribution in [0.4, 0.5) is 18.3 Å². The van der Waals surface area contributed by atoms with Crippen LogP contribution in [0.25, 0.3) is 0 Å². The molecule has 1 aliphatic heterocycles. The van der Waals surface area contributed by atoms with Gasteiger partial charge in [-0.05, 0) is 25.7 Å². The number of halogens is 3. The van der Waals surface area contributed by atoms with E-state index < -0.39 is 27.1 Å². The molecule has 24 heavy (non-hydrogen) atoms. The summed E-state index contributed by atoms with van der Waals surface area (Å²) in [5, 5.41) is 0.609. The van der Waals surface area contributed by atoms with Crippen molar-refractivity contribution >= 4 is 26.5 Å². The molecule has 0 bridgehead atoms. The number of anilines is 1. The highest BCUT2D eigenvalue weighted by molar-refractivity contribution is 7.90. The first-order valence-electron chi connectivity index (χ1n) is 8.04. The molecule has 2 fully saturated rings. The number of hydrogen-bond acceptors (Lipinski definition) is 5. The summed E-state index contributed by atoms with van der Waals surface area (Å²) in [5.41, 5.74) is -0.920. The molecule has 3 rings (SSSR count). The van der Waals surface area contributed by atoms with Crippen LogP contribution in [-0.2, 0) is 16.2 Å². The lowest BCUT2D eigenvalue weighted by molar-refractivity contribution is -0.140. The van der Waals surface area contributed by atoms with E-state index >= 15 is 0 Å². The Balaban J connectivity index is 1.68. The fourth-order valence-electron chi connectivity index (χ4n) is 3.28. The van der Waals surface area contributed by atoms with E-state index in [1.807, 2.05) is 0 Å². The predicted octanol–water partition coefficient (Wildman–Crippen LogP) is 2.99. The number of nitrogens with one attached hydrogen (secondary N) is 1. The summed E-state index contributed by atoms with van der Waals surface area (Å²) in [6, 6.07) is 0.00192. The summed E-state index contributed by atoms with van der Waals surface area (Å²) in [5.74, 6) is 0. The Morgan fingerprint density at radius 1 is 1.21 bits per heavy atom. The second-order valence-corrected chi connectivity index (χ2v) is 9.20. The second-order valence-electron chi connectivity index (χ2n) is 6.37. The molecule has 1 aliphatic carbocycles. The first kappa shape index (κ1) is 17.9. The number of sulfonamides is 1. The number of thiazole rings is 1. The van der Waals surface area contributed by atoms with E-state index in [4.69, 9.17) is 0 Å². The van der Waals surface area contributed by atoms with Crippen LogP contribution in [0.5, 0.6) is 0 Å². The van der Waals surface area contributed by atoms with Crippen LogP contribution in [0.3, 0.4) is 0 Å². The summed E-state index contributed by atoms with van der Waals surface area (Å²) in [7, 11) is -3.47. The van der Waals surface area contributed by atoms with E-state index in [9.17, 15) is 21.6 Å². The molecule has 1 aromatic rings. The van der Waals surface area contributed by atoms with Gasteiger partial charge in [0, 0.05) is 24.5 Å². The number of aromatic nitrogens is 1. The molecule has 0 radical (unpaired) electrons. The van der Waals surface area contributed by atoms with E-state index in [2.05, 4.69) is 9.71 Å². The molecule has 136 valence electrons. The summed E-state index contributed by atoms with van der Waals surface area (Å²) in [6.45, 7) is 0.715. The van der Waals surface area contributed by atoms with Crippen LogP contribution >= 0.6 is 11.3 Å². The highest BCUT2D eigenvalue weighted by Crippen LogP contribution is 2.34. The lowest BCUT2D eigenvalue weighted by Crippen LogP contribution is -2.48. The first-order valence-corrected chi connectivity index (χ1v) is 10.5. The topological polar surface area (TPSA) is 62.3 Å². The second kappa shape index (κ2) is 6.80. The maximum absolute atomic E-state index is 12.7. The van der Waals surface area contributed by atoms with E-state index in [-0.39, 0.29) is 17.7 Å². The minimum Gasteiger partial charge on any atom is -0.347 e. The smallest absolute Gasteiger partial charge is 0.347 e. The zero-order chi connectivity index (χ0) is 17.4. The van der Waals surface area contributed by atoms with Gasteiger partial charge in [-0.3, -0.25) is 0 Å². The van der Waals surface area contributed by atoms with Gasteiger partial charge in [-0.15, -0.1) is 11.3 Å².